The fourth-order valence-electron chi connectivity index (χ4n) is 5.84. The number of aliphatic hydroxyl groups excluding tert-OH is 1. The Kier molecular flexibility index (Phi) is 8.74. The van der Waals surface area contributed by atoms with Crippen LogP contribution in [0.25, 0.3) is 32.8 Å². The number of rotatable bonds is 12. The van der Waals surface area contributed by atoms with E-state index in [4.69, 9.17) is 25.0 Å². The first-order chi connectivity index (χ1) is 21.5. The summed E-state index contributed by atoms with van der Waals surface area (Å²) in [6.45, 7) is 5.18. The number of carbonyl (C=O) groups is 1. The van der Waals surface area contributed by atoms with Gasteiger partial charge in [-0.1, -0.05) is 24.3 Å². The zero-order chi connectivity index (χ0) is 30.6. The number of carbonyl (C=O) groups excluding carboxylic acids is 1. The summed E-state index contributed by atoms with van der Waals surface area (Å²) in [4.78, 5) is 18.9. The molecule has 0 spiro atoms. The van der Waals surface area contributed by atoms with Gasteiger partial charge < -0.3 is 25.1 Å². The largest absolute Gasteiger partial charge is 0.487 e. The van der Waals surface area contributed by atoms with E-state index in [0.717, 1.165) is 62.7 Å². The lowest BCUT2D eigenvalue weighted by Gasteiger charge is -2.39. The number of aliphatic hydroxyl groups is 1. The molecule has 0 radical (unpaired) electrons. The van der Waals surface area contributed by atoms with E-state index in [1.165, 1.54) is 0 Å². The van der Waals surface area contributed by atoms with Crippen LogP contribution in [0.1, 0.15) is 29.8 Å². The van der Waals surface area contributed by atoms with Crippen molar-refractivity contribution in [3.8, 4) is 16.9 Å². The van der Waals surface area contributed by atoms with Crippen molar-refractivity contribution in [3.63, 3.8) is 0 Å². The molecule has 44 heavy (non-hydrogen) atoms. The highest BCUT2D eigenvalue weighted by atomic mass is 16.5. The maximum Gasteiger partial charge on any atom is 0.310 e. The minimum atomic E-state index is -0.310. The van der Waals surface area contributed by atoms with Crippen LogP contribution in [0.5, 0.6) is 5.75 Å². The van der Waals surface area contributed by atoms with Crippen LogP contribution in [-0.2, 0) is 33.9 Å². The molecule has 0 bridgehead atoms. The zero-order valence-electron chi connectivity index (χ0n) is 25.0. The zero-order valence-corrected chi connectivity index (χ0v) is 25.0. The lowest BCUT2D eigenvalue weighted by molar-refractivity contribution is -0.142. The molecule has 0 aliphatic carbocycles. The van der Waals surface area contributed by atoms with E-state index < -0.39 is 0 Å². The van der Waals surface area contributed by atoms with Crippen molar-refractivity contribution in [2.45, 2.75) is 32.6 Å². The van der Waals surface area contributed by atoms with Crippen molar-refractivity contribution >= 4 is 33.5 Å². The van der Waals surface area contributed by atoms with Crippen LogP contribution in [0.2, 0.25) is 0 Å². The summed E-state index contributed by atoms with van der Waals surface area (Å²) in [5.41, 5.74) is 11.8. The van der Waals surface area contributed by atoms with Gasteiger partial charge in [-0.25, -0.2) is 4.98 Å². The summed E-state index contributed by atoms with van der Waals surface area (Å²) in [5.74, 6) is 0.793. The van der Waals surface area contributed by atoms with Gasteiger partial charge >= 0.3 is 5.97 Å². The minimum Gasteiger partial charge on any atom is -0.487 e. The van der Waals surface area contributed by atoms with Gasteiger partial charge in [-0.05, 0) is 65.4 Å². The second-order valence-corrected chi connectivity index (χ2v) is 11.0. The van der Waals surface area contributed by atoms with E-state index >= 15 is 0 Å². The number of ether oxygens (including phenoxy) is 3. The third-order valence-electron chi connectivity index (χ3n) is 8.05. The van der Waals surface area contributed by atoms with Crippen LogP contribution >= 0.6 is 0 Å². The molecule has 0 atom stereocenters. The smallest absolute Gasteiger partial charge is 0.310 e. The average molecular weight is 596 g/mol. The first-order valence-corrected chi connectivity index (χ1v) is 14.9. The third kappa shape index (κ3) is 6.10. The molecule has 0 saturated carbocycles. The van der Waals surface area contributed by atoms with Gasteiger partial charge in [0.05, 0.1) is 37.8 Å². The van der Waals surface area contributed by atoms with Crippen LogP contribution in [0.4, 0.5) is 5.82 Å². The monoisotopic (exact) mass is 595 g/mol. The molecular formula is C34H37N5O5. The lowest BCUT2D eigenvalue weighted by Crippen LogP contribution is -2.48. The van der Waals surface area contributed by atoms with Crippen molar-refractivity contribution < 1.29 is 24.1 Å². The van der Waals surface area contributed by atoms with Crippen LogP contribution in [-0.4, -0.2) is 70.7 Å². The third-order valence-corrected chi connectivity index (χ3v) is 8.05. The summed E-state index contributed by atoms with van der Waals surface area (Å²) in [6, 6.07) is 20.5. The summed E-state index contributed by atoms with van der Waals surface area (Å²) < 4.78 is 19.0. The number of aromatic nitrogens is 3. The molecule has 0 amide bonds. The van der Waals surface area contributed by atoms with E-state index in [9.17, 15) is 9.90 Å². The highest BCUT2D eigenvalue weighted by Crippen LogP contribution is 2.33. The highest BCUT2D eigenvalue weighted by molar-refractivity contribution is 5.95. The number of hydrogen-bond acceptors (Lipinski definition) is 9. The van der Waals surface area contributed by atoms with Crippen LogP contribution in [0.3, 0.4) is 0 Å². The number of benzene rings is 3. The molecule has 3 heterocycles. The molecule has 10 nitrogen and oxygen atoms in total. The molecule has 1 aliphatic rings. The SMILES string of the molecule is CCOC(=O)Cc1cc(COC)ccc1OCc1nn(C2CN(CCO)C2)c2ccc(-c3ccc4ccnc(N)c4c3)cc12. The molecule has 228 valence electrons. The number of hydrogen-bond donors (Lipinski definition) is 2. The second kappa shape index (κ2) is 13.0. The second-order valence-electron chi connectivity index (χ2n) is 11.0. The minimum absolute atomic E-state index is 0.1000. The lowest BCUT2D eigenvalue weighted by atomic mass is 10.00. The number of esters is 1. The Morgan fingerprint density at radius 1 is 1.02 bits per heavy atom. The van der Waals surface area contributed by atoms with Gasteiger partial charge in [0.2, 0.25) is 0 Å². The normalized spacial score (nSPS) is 13.8. The molecule has 5 aromatic rings. The van der Waals surface area contributed by atoms with Crippen molar-refractivity contribution in [3.05, 3.63) is 83.7 Å². The van der Waals surface area contributed by atoms with Gasteiger partial charge in [0, 0.05) is 49.3 Å². The van der Waals surface area contributed by atoms with E-state index in [-0.39, 0.29) is 31.6 Å². The fourth-order valence-corrected chi connectivity index (χ4v) is 5.84. The Hall–Kier alpha value is -4.51. The summed E-state index contributed by atoms with van der Waals surface area (Å²) in [6.07, 6.45) is 1.82. The van der Waals surface area contributed by atoms with Gasteiger partial charge in [-0.2, -0.15) is 5.10 Å². The quantitative estimate of drug-likeness (QED) is 0.200. The maximum absolute atomic E-state index is 12.4. The van der Waals surface area contributed by atoms with Crippen LogP contribution < -0.4 is 10.5 Å². The Labute approximate surface area is 256 Å². The molecule has 10 heteroatoms. The molecule has 2 aromatic heterocycles. The van der Waals surface area contributed by atoms with Gasteiger partial charge in [0.25, 0.3) is 0 Å². The number of fused-ring (bicyclic) bond motifs is 2. The number of nitrogens with zero attached hydrogens (tertiary/aromatic N) is 4. The van der Waals surface area contributed by atoms with E-state index in [2.05, 4.69) is 51.0 Å². The molecular weight excluding hydrogens is 558 g/mol. The summed E-state index contributed by atoms with van der Waals surface area (Å²) >= 11 is 0. The summed E-state index contributed by atoms with van der Waals surface area (Å²) in [7, 11) is 1.64. The maximum atomic E-state index is 12.4. The standard InChI is InChI=1S/C34H37N5O5/c1-3-43-33(41)17-26-14-22(20-42-2)4-9-32(26)44-21-30-29-16-25(24-6-5-23-10-11-36-34(35)28(23)15-24)7-8-31(29)39(37-30)27-18-38(19-27)12-13-40/h4-11,14-16,27,40H,3,12-13,17-21H2,1-2H3,(H2,35,36). The number of pyridine rings is 1. The first-order valence-electron chi connectivity index (χ1n) is 14.9. The Morgan fingerprint density at radius 3 is 2.59 bits per heavy atom. The van der Waals surface area contributed by atoms with E-state index in [1.54, 1.807) is 20.2 Å². The van der Waals surface area contributed by atoms with Crippen molar-refractivity contribution in [2.75, 3.05) is 45.7 Å². The van der Waals surface area contributed by atoms with Crippen LogP contribution in [0, 0.1) is 0 Å². The Bertz CT molecular complexity index is 1800. The summed E-state index contributed by atoms with van der Waals surface area (Å²) in [5, 5.41) is 17.3. The average Bonchev–Trinajstić information content (AvgIpc) is 3.36. The number of anilines is 1. The fraction of sp³-hybridized carbons (Fsp3) is 0.324. The van der Waals surface area contributed by atoms with E-state index in [1.807, 2.05) is 24.3 Å². The number of β-amino-alcohol motifs (C(OH)–C–C–N with tert-alkyl or cyclic N) is 1. The molecule has 3 aromatic carbocycles. The van der Waals surface area contributed by atoms with Gasteiger partial charge in [-0.15, -0.1) is 0 Å². The number of methoxy groups -OCH3 is 1. The molecule has 1 aliphatic heterocycles. The Balaban J connectivity index is 1.35. The molecule has 6 rings (SSSR count). The topological polar surface area (TPSA) is 125 Å². The van der Waals surface area contributed by atoms with Gasteiger partial charge in [0.15, 0.2) is 0 Å². The Morgan fingerprint density at radius 2 is 1.82 bits per heavy atom. The molecule has 0 unspecified atom stereocenters. The number of nitrogens with two attached hydrogens (primary N) is 1. The van der Waals surface area contributed by atoms with Gasteiger partial charge in [0.1, 0.15) is 23.9 Å². The van der Waals surface area contributed by atoms with Gasteiger partial charge in [-0.3, -0.25) is 14.4 Å². The molecule has 1 saturated heterocycles. The number of likely N-dealkylation sites (tertiary alicyclic amines) is 1. The van der Waals surface area contributed by atoms with Crippen molar-refractivity contribution in [1.82, 2.24) is 19.7 Å². The van der Waals surface area contributed by atoms with E-state index in [0.29, 0.717) is 31.3 Å². The predicted molar refractivity (Wildman–Crippen MR) is 169 cm³/mol. The highest BCUT2D eigenvalue weighted by Gasteiger charge is 2.30. The molecule has 3 N–H and O–H groups in total. The number of nitrogen functional groups attached to an aromatic ring is 1. The van der Waals surface area contributed by atoms with Crippen LogP contribution in [0.15, 0.2) is 66.9 Å². The first kappa shape index (κ1) is 29.6. The van der Waals surface area contributed by atoms with Crippen molar-refractivity contribution in [2.24, 2.45) is 0 Å². The molecule has 1 fully saturated rings. The van der Waals surface area contributed by atoms with Crippen molar-refractivity contribution in [1.29, 1.82) is 0 Å². The predicted octanol–water partition coefficient (Wildman–Crippen LogP) is 4.51.